The lowest BCUT2D eigenvalue weighted by Gasteiger charge is -2.29. The Labute approximate surface area is 115 Å². The fourth-order valence-electron chi connectivity index (χ4n) is 1.03. The van der Waals surface area contributed by atoms with Crippen LogP contribution in [0.3, 0.4) is 0 Å². The first-order valence-electron chi connectivity index (χ1n) is 4.88. The number of hydrogen-bond donors (Lipinski definition) is 2. The van der Waals surface area contributed by atoms with Crippen LogP contribution in [-0.4, -0.2) is 97.1 Å². The molecule has 0 aliphatic heterocycles. The van der Waals surface area contributed by atoms with Crippen molar-refractivity contribution in [2.45, 2.75) is 6.92 Å². The third-order valence-electron chi connectivity index (χ3n) is 1.94. The van der Waals surface area contributed by atoms with E-state index >= 15 is 0 Å². The van der Waals surface area contributed by atoms with Crippen molar-refractivity contribution in [3.63, 3.8) is 0 Å². The van der Waals surface area contributed by atoms with Crippen LogP contribution in [-0.2, 0) is 0 Å². The summed E-state index contributed by atoms with van der Waals surface area (Å²) in [5.41, 5.74) is 4.79. The molecule has 0 saturated carbocycles. The van der Waals surface area contributed by atoms with Gasteiger partial charge in [-0.25, -0.2) is 0 Å². The Balaban J connectivity index is 0. The van der Waals surface area contributed by atoms with E-state index in [-0.39, 0.29) is 5.84 Å². The van der Waals surface area contributed by atoms with Crippen LogP contribution in [0.25, 0.3) is 0 Å². The van der Waals surface area contributed by atoms with E-state index in [9.17, 15) is 0 Å². The molecular weight excluding hydrogens is 198 g/mol. The lowest BCUT2D eigenvalue weighted by Crippen LogP contribution is -2.67. The zero-order valence-electron chi connectivity index (χ0n) is 9.90. The first-order valence-corrected chi connectivity index (χ1v) is 4.88. The molecule has 15 heteroatoms. The van der Waals surface area contributed by atoms with Crippen LogP contribution < -0.4 is 5.73 Å². The van der Waals surface area contributed by atoms with Crippen LogP contribution in [0.1, 0.15) is 6.92 Å². The van der Waals surface area contributed by atoms with E-state index in [0.717, 1.165) is 0 Å². The molecule has 3 nitrogen and oxygen atoms in total. The maximum atomic E-state index is 7.61. The van der Waals surface area contributed by atoms with Crippen molar-refractivity contribution in [1.82, 2.24) is 0 Å². The summed E-state index contributed by atoms with van der Waals surface area (Å²) in [6.45, 7) is 1.50. The first kappa shape index (κ1) is 19.4. The average Bonchev–Trinajstić information content (AvgIpc) is 2.17. The Kier molecular flexibility index (Phi) is 11.4. The van der Waals surface area contributed by atoms with E-state index in [2.05, 4.69) is 5.16 Å². The van der Waals surface area contributed by atoms with Gasteiger partial charge in [-0.15, -0.1) is 0 Å². The van der Waals surface area contributed by atoms with Gasteiger partial charge in [0.25, 0.3) is 0 Å². The third kappa shape index (κ3) is 9.72. The van der Waals surface area contributed by atoms with Crippen LogP contribution in [0, 0.1) is 0 Å². The molecule has 0 saturated heterocycles. The van der Waals surface area contributed by atoms with Crippen LogP contribution >= 0.6 is 0 Å². The minimum atomic E-state index is -0.723. The maximum absolute atomic E-state index is 7.61. The molecule has 0 aromatic rings. The molecular formula is C2H6B12N2O. The Bertz CT molecular complexity index is 207. The normalized spacial score (nSPS) is 9.59. The molecule has 14 radical (unpaired) electrons. The van der Waals surface area contributed by atoms with E-state index in [0.29, 0.717) is 0 Å². The highest BCUT2D eigenvalue weighted by molar-refractivity contribution is 8.05. The van der Waals surface area contributed by atoms with Crippen LogP contribution in [0.2, 0.25) is 0 Å². The summed E-state index contributed by atoms with van der Waals surface area (Å²) in [5.74, 6) is 0.185. The van der Waals surface area contributed by atoms with Crippen molar-refractivity contribution in [2.75, 3.05) is 0 Å². The number of oxime groups is 1. The molecule has 17 heavy (non-hydrogen) atoms. The van der Waals surface area contributed by atoms with E-state index in [1.807, 2.05) is 0 Å². The van der Waals surface area contributed by atoms with Crippen molar-refractivity contribution in [1.29, 1.82) is 0 Å². The minimum Gasteiger partial charge on any atom is -0.409 e. The van der Waals surface area contributed by atoms with Gasteiger partial charge < -0.3 is 10.9 Å². The molecule has 0 aromatic carbocycles. The Hall–Kier alpha value is 0.0492. The van der Waals surface area contributed by atoms with E-state index in [1.165, 1.54) is 6.92 Å². The second-order valence-electron chi connectivity index (χ2n) is 3.63. The van der Waals surface area contributed by atoms with Crippen LogP contribution in [0.4, 0.5) is 0 Å². The second-order valence-corrected chi connectivity index (χ2v) is 3.63. The second kappa shape index (κ2) is 10.0. The van der Waals surface area contributed by atoms with Crippen molar-refractivity contribution in [3.05, 3.63) is 0 Å². The molecule has 0 bridgehead atoms. The molecule has 0 amide bonds. The smallest absolute Gasteiger partial charge is 0.135 e. The summed E-state index contributed by atoms with van der Waals surface area (Å²) < 4.78 is 0. The van der Waals surface area contributed by atoms with Gasteiger partial charge in [0.05, 0.1) is 0 Å². The summed E-state index contributed by atoms with van der Waals surface area (Å²) in [7, 11) is 37.9. The molecule has 0 atom stereocenters. The number of nitrogens with two attached hydrogens (primary N) is 1. The lowest BCUT2D eigenvalue weighted by atomic mass is 8.53. The summed E-state index contributed by atoms with van der Waals surface area (Å²) in [4.78, 5) is 0. The lowest BCUT2D eigenvalue weighted by molar-refractivity contribution is 0.318. The van der Waals surface area contributed by atoms with E-state index in [4.69, 9.17) is 65.1 Å². The number of hydrogen-bond acceptors (Lipinski definition) is 2. The molecule has 0 aromatic heterocycles. The molecule has 66 valence electrons. The van der Waals surface area contributed by atoms with Gasteiger partial charge in [-0.3, -0.25) is 0 Å². The fraction of sp³-hybridized carbons (Fsp3) is 0.500. The van der Waals surface area contributed by atoms with Gasteiger partial charge in [0, 0.05) is 86.1 Å². The minimum absolute atomic E-state index is 0.185. The van der Waals surface area contributed by atoms with Gasteiger partial charge in [-0.05, 0) is 6.92 Å². The highest BCUT2D eigenvalue weighted by Gasteiger charge is 2.29. The van der Waals surface area contributed by atoms with E-state index < -0.39 is 31.9 Å². The molecule has 0 heterocycles. The number of rotatable bonds is 4. The summed E-state index contributed by atoms with van der Waals surface area (Å²) >= 11 is 0. The Morgan fingerprint density at radius 3 is 1.29 bits per heavy atom. The largest absolute Gasteiger partial charge is 0.409 e. The van der Waals surface area contributed by atoms with Gasteiger partial charge in [-0.1, -0.05) is 5.16 Å². The standard InChI is InChI=1S/C2H6N2O.B12/c1-2(3)4-5;1-8(2)11(7)12(9(3)4)10(5)6/h5H,1H3,(H2,3,4);. The van der Waals surface area contributed by atoms with Gasteiger partial charge >= 0.3 is 0 Å². The molecule has 0 fully saturated rings. The third-order valence-corrected chi connectivity index (χ3v) is 1.94. The highest BCUT2D eigenvalue weighted by atomic mass is 16.4. The predicted octanol–water partition coefficient (Wildman–Crippen LogP) is -4.82. The number of amidine groups is 1. The monoisotopic (exact) mass is 206 g/mol. The Morgan fingerprint density at radius 2 is 1.24 bits per heavy atom. The van der Waals surface area contributed by atoms with Crippen molar-refractivity contribution < 1.29 is 5.21 Å². The molecule has 0 aliphatic rings. The predicted molar refractivity (Wildman–Crippen MR) is 88.1 cm³/mol. The van der Waals surface area contributed by atoms with Crippen molar-refractivity contribution >= 4 is 91.9 Å². The van der Waals surface area contributed by atoms with Gasteiger partial charge in [0.1, 0.15) is 5.84 Å². The fourth-order valence-corrected chi connectivity index (χ4v) is 1.03. The molecule has 0 spiro atoms. The zero-order valence-corrected chi connectivity index (χ0v) is 9.90. The van der Waals surface area contributed by atoms with Crippen LogP contribution in [0.5, 0.6) is 0 Å². The SMILES string of the molecule is C/C(N)=N\O.[B]B([B])B([B])B(B([B])[B])B([B])[B]. The molecule has 0 aliphatic carbocycles. The quantitative estimate of drug-likeness (QED) is 0.159. The average molecular weight is 204 g/mol. The van der Waals surface area contributed by atoms with Gasteiger partial charge in [0.15, 0.2) is 0 Å². The van der Waals surface area contributed by atoms with Crippen molar-refractivity contribution in [2.24, 2.45) is 10.9 Å². The van der Waals surface area contributed by atoms with Crippen LogP contribution in [0.15, 0.2) is 5.16 Å². The summed E-state index contributed by atoms with van der Waals surface area (Å²) in [6.07, 6.45) is -3.22. The highest BCUT2D eigenvalue weighted by Crippen LogP contribution is 1.91. The first-order chi connectivity index (χ1) is 7.64. The van der Waals surface area contributed by atoms with Gasteiger partial charge in [-0.2, -0.15) is 0 Å². The molecule has 3 N–H and O–H groups in total. The Morgan fingerprint density at radius 1 is 0.941 bits per heavy atom. The maximum Gasteiger partial charge on any atom is 0.135 e. The van der Waals surface area contributed by atoms with Crippen molar-refractivity contribution in [3.8, 4) is 0 Å². The van der Waals surface area contributed by atoms with E-state index in [1.54, 1.807) is 0 Å². The van der Waals surface area contributed by atoms with Gasteiger partial charge in [0.2, 0.25) is 0 Å². The zero-order chi connectivity index (χ0) is 14.2. The summed E-state index contributed by atoms with van der Waals surface area (Å²) in [5, 5.41) is 10.2. The number of nitrogens with zero attached hydrogens (tertiary/aromatic N) is 1. The topological polar surface area (TPSA) is 58.6 Å². The molecule has 0 unspecified atom stereocenters. The summed E-state index contributed by atoms with van der Waals surface area (Å²) in [6, 6.07) is 0. The molecule has 0 rings (SSSR count).